The fraction of sp³-hybridized carbons (Fsp3) is 0.278. The van der Waals surface area contributed by atoms with Crippen LogP contribution >= 0.6 is 0 Å². The number of benzene rings is 1. The van der Waals surface area contributed by atoms with E-state index in [1.54, 1.807) is 12.3 Å². The molecule has 2 heterocycles. The Morgan fingerprint density at radius 3 is 2.96 bits per heavy atom. The average Bonchev–Trinajstić information content (AvgIpc) is 3.00. The van der Waals surface area contributed by atoms with Crippen molar-refractivity contribution in [1.29, 1.82) is 5.26 Å². The molecule has 2 aromatic heterocycles. The summed E-state index contributed by atoms with van der Waals surface area (Å²) in [5.41, 5.74) is 2.83. The Hall–Kier alpha value is -2.87. The van der Waals surface area contributed by atoms with Crippen molar-refractivity contribution in [1.82, 2.24) is 9.72 Å². The molecule has 0 unspecified atom stereocenters. The maximum absolute atomic E-state index is 12.3. The molecular formula is C18H15N3O2. The van der Waals surface area contributed by atoms with E-state index in [1.165, 1.54) is 5.56 Å². The summed E-state index contributed by atoms with van der Waals surface area (Å²) in [4.78, 5) is 12.3. The van der Waals surface area contributed by atoms with E-state index >= 15 is 0 Å². The molecule has 1 aliphatic carbocycles. The third kappa shape index (κ3) is 2.23. The predicted molar refractivity (Wildman–Crippen MR) is 85.2 cm³/mol. The highest BCUT2D eigenvalue weighted by Gasteiger charge is 2.20. The molecule has 0 bridgehead atoms. The molecule has 114 valence electrons. The minimum absolute atomic E-state index is 0.154. The van der Waals surface area contributed by atoms with Crippen molar-refractivity contribution in [3.8, 4) is 6.07 Å². The van der Waals surface area contributed by atoms with Crippen LogP contribution in [0.25, 0.3) is 10.9 Å². The van der Waals surface area contributed by atoms with Crippen molar-refractivity contribution in [3.05, 3.63) is 63.3 Å². The van der Waals surface area contributed by atoms with Gasteiger partial charge in [0.15, 0.2) is 0 Å². The van der Waals surface area contributed by atoms with Crippen molar-refractivity contribution in [2.75, 3.05) is 0 Å². The Morgan fingerprint density at radius 1 is 1.26 bits per heavy atom. The smallest absolute Gasteiger partial charge is 0.207 e. The Bertz CT molecular complexity index is 992. The zero-order chi connectivity index (χ0) is 15.8. The maximum Gasteiger partial charge on any atom is 0.207 e. The van der Waals surface area contributed by atoms with Gasteiger partial charge < -0.3 is 9.09 Å². The molecule has 4 rings (SSSR count). The summed E-state index contributed by atoms with van der Waals surface area (Å²) in [6.07, 6.45) is 5.83. The number of para-hydroxylation sites is 1. The van der Waals surface area contributed by atoms with E-state index in [1.807, 2.05) is 28.8 Å². The molecule has 0 amide bonds. The van der Waals surface area contributed by atoms with Gasteiger partial charge in [0.05, 0.1) is 12.1 Å². The van der Waals surface area contributed by atoms with Crippen LogP contribution < -0.4 is 5.43 Å². The molecular weight excluding hydrogens is 290 g/mol. The van der Waals surface area contributed by atoms with Crippen LogP contribution in [0, 0.1) is 11.3 Å². The van der Waals surface area contributed by atoms with E-state index in [-0.39, 0.29) is 11.0 Å². The summed E-state index contributed by atoms with van der Waals surface area (Å²) >= 11 is 0. The summed E-state index contributed by atoms with van der Waals surface area (Å²) in [6.45, 7) is 0.508. The Kier molecular flexibility index (Phi) is 3.23. The quantitative estimate of drug-likeness (QED) is 0.730. The fourth-order valence-electron chi connectivity index (χ4n) is 3.29. The van der Waals surface area contributed by atoms with Gasteiger partial charge in [0.1, 0.15) is 23.1 Å². The van der Waals surface area contributed by atoms with Crippen LogP contribution in [0.2, 0.25) is 0 Å². The molecule has 0 atom stereocenters. The van der Waals surface area contributed by atoms with Crippen LogP contribution in [0.3, 0.4) is 0 Å². The van der Waals surface area contributed by atoms with E-state index in [9.17, 15) is 10.1 Å². The number of nitrogens with zero attached hydrogens (tertiary/aromatic N) is 3. The largest absolute Gasteiger partial charge is 0.361 e. The van der Waals surface area contributed by atoms with Crippen LogP contribution in [-0.4, -0.2) is 9.72 Å². The number of aryl methyl sites for hydroxylation is 1. The van der Waals surface area contributed by atoms with E-state index in [0.29, 0.717) is 11.9 Å². The summed E-state index contributed by atoms with van der Waals surface area (Å²) in [7, 11) is 0. The fourth-order valence-corrected chi connectivity index (χ4v) is 3.29. The zero-order valence-corrected chi connectivity index (χ0v) is 12.6. The lowest BCUT2D eigenvalue weighted by atomic mass is 9.96. The van der Waals surface area contributed by atoms with Crippen LogP contribution in [0.5, 0.6) is 0 Å². The van der Waals surface area contributed by atoms with Gasteiger partial charge in [0, 0.05) is 23.6 Å². The highest BCUT2D eigenvalue weighted by Crippen LogP contribution is 2.25. The SMILES string of the molecule is N#Cc1cn(Cc2noc3c2CCCC3)c2ccccc2c1=O. The Balaban J connectivity index is 1.86. The molecule has 0 saturated carbocycles. The first-order chi connectivity index (χ1) is 11.3. The molecule has 5 nitrogen and oxygen atoms in total. The molecule has 0 fully saturated rings. The highest BCUT2D eigenvalue weighted by atomic mass is 16.5. The standard InChI is InChI=1S/C18H15N3O2/c19-9-12-10-21(16-7-3-1-6-14(16)18(12)22)11-15-13-5-2-4-8-17(13)23-20-15/h1,3,6-7,10H,2,4-5,8,11H2. The monoisotopic (exact) mass is 305 g/mol. The van der Waals surface area contributed by atoms with Crippen molar-refractivity contribution in [3.63, 3.8) is 0 Å². The third-order valence-corrected chi connectivity index (χ3v) is 4.46. The van der Waals surface area contributed by atoms with Gasteiger partial charge in [0.25, 0.3) is 0 Å². The van der Waals surface area contributed by atoms with Crippen LogP contribution in [0.1, 0.15) is 35.4 Å². The normalized spacial score (nSPS) is 13.7. The molecule has 0 radical (unpaired) electrons. The molecule has 0 aliphatic heterocycles. The van der Waals surface area contributed by atoms with Gasteiger partial charge in [-0.05, 0) is 31.4 Å². The van der Waals surface area contributed by atoms with Gasteiger partial charge >= 0.3 is 0 Å². The lowest BCUT2D eigenvalue weighted by Gasteiger charge is -2.12. The predicted octanol–water partition coefficient (Wildman–Crippen LogP) is 2.79. The first-order valence-electron chi connectivity index (χ1n) is 7.76. The van der Waals surface area contributed by atoms with E-state index < -0.39 is 0 Å². The molecule has 0 N–H and O–H groups in total. The Morgan fingerprint density at radius 2 is 2.09 bits per heavy atom. The highest BCUT2D eigenvalue weighted by molar-refractivity contribution is 5.80. The number of rotatable bonds is 2. The van der Waals surface area contributed by atoms with Crippen molar-refractivity contribution < 1.29 is 4.52 Å². The summed E-state index contributed by atoms with van der Waals surface area (Å²) in [6, 6.07) is 9.35. The lowest BCUT2D eigenvalue weighted by Crippen LogP contribution is -2.14. The summed E-state index contributed by atoms with van der Waals surface area (Å²) in [5, 5.41) is 14.0. The van der Waals surface area contributed by atoms with Crippen molar-refractivity contribution >= 4 is 10.9 Å². The van der Waals surface area contributed by atoms with Crippen LogP contribution in [0.4, 0.5) is 0 Å². The molecule has 5 heteroatoms. The second-order valence-electron chi connectivity index (χ2n) is 5.87. The molecule has 1 aliphatic rings. The second-order valence-corrected chi connectivity index (χ2v) is 5.87. The van der Waals surface area contributed by atoms with Gasteiger partial charge in [-0.2, -0.15) is 5.26 Å². The first-order valence-corrected chi connectivity index (χ1v) is 7.76. The molecule has 3 aromatic rings. The number of hydrogen-bond acceptors (Lipinski definition) is 4. The zero-order valence-electron chi connectivity index (χ0n) is 12.6. The molecule has 0 saturated heterocycles. The van der Waals surface area contributed by atoms with Gasteiger partial charge in [-0.25, -0.2) is 0 Å². The first kappa shape index (κ1) is 13.8. The summed E-state index contributed by atoms with van der Waals surface area (Å²) in [5.74, 6) is 0.983. The number of fused-ring (bicyclic) bond motifs is 2. The van der Waals surface area contributed by atoms with E-state index in [4.69, 9.17) is 4.52 Å². The number of aromatic nitrogens is 2. The minimum Gasteiger partial charge on any atom is -0.361 e. The Labute approximate surface area is 132 Å². The van der Waals surface area contributed by atoms with Gasteiger partial charge in [-0.1, -0.05) is 17.3 Å². The molecule has 0 spiro atoms. The average molecular weight is 305 g/mol. The van der Waals surface area contributed by atoms with Crippen LogP contribution in [-0.2, 0) is 19.4 Å². The third-order valence-electron chi connectivity index (χ3n) is 4.46. The van der Waals surface area contributed by atoms with E-state index in [2.05, 4.69) is 5.16 Å². The molecule has 23 heavy (non-hydrogen) atoms. The minimum atomic E-state index is -0.221. The van der Waals surface area contributed by atoms with Gasteiger partial charge in [-0.3, -0.25) is 4.79 Å². The topological polar surface area (TPSA) is 71.8 Å². The summed E-state index contributed by atoms with van der Waals surface area (Å²) < 4.78 is 7.38. The van der Waals surface area contributed by atoms with Crippen LogP contribution in [0.15, 0.2) is 39.8 Å². The number of nitriles is 1. The van der Waals surface area contributed by atoms with Crippen molar-refractivity contribution in [2.45, 2.75) is 32.2 Å². The number of pyridine rings is 1. The van der Waals surface area contributed by atoms with Gasteiger partial charge in [0.2, 0.25) is 5.43 Å². The second kappa shape index (κ2) is 5.40. The van der Waals surface area contributed by atoms with Crippen molar-refractivity contribution in [2.24, 2.45) is 0 Å². The maximum atomic E-state index is 12.3. The van der Waals surface area contributed by atoms with Gasteiger partial charge in [-0.15, -0.1) is 0 Å². The lowest BCUT2D eigenvalue weighted by molar-refractivity contribution is 0.367. The van der Waals surface area contributed by atoms with E-state index in [0.717, 1.165) is 42.7 Å². The molecule has 1 aromatic carbocycles. The number of hydrogen-bond donors (Lipinski definition) is 0.